The molecule has 0 aliphatic carbocycles. The van der Waals surface area contributed by atoms with E-state index in [1.165, 1.54) is 11.8 Å². The summed E-state index contributed by atoms with van der Waals surface area (Å²) in [6.45, 7) is 0. The van der Waals surface area contributed by atoms with Gasteiger partial charge in [0.25, 0.3) is 0 Å². The Morgan fingerprint density at radius 1 is 1.50 bits per heavy atom. The largest absolute Gasteiger partial charge is 0.507 e. The topological polar surface area (TPSA) is 46.2 Å². The van der Waals surface area contributed by atoms with Crippen LogP contribution >= 0.6 is 11.8 Å². The SMILES string of the molecule is CSc1c(N)cccc1O. The van der Waals surface area contributed by atoms with Gasteiger partial charge in [-0.05, 0) is 18.4 Å². The molecule has 0 heterocycles. The van der Waals surface area contributed by atoms with Crippen molar-refractivity contribution in [1.82, 2.24) is 0 Å². The zero-order valence-electron chi connectivity index (χ0n) is 5.66. The van der Waals surface area contributed by atoms with E-state index in [2.05, 4.69) is 0 Å². The molecule has 3 heteroatoms. The number of benzene rings is 1. The number of phenols is 1. The fourth-order valence-electron chi connectivity index (χ4n) is 0.765. The molecule has 54 valence electrons. The monoisotopic (exact) mass is 155 g/mol. The van der Waals surface area contributed by atoms with Crippen LogP contribution in [0.25, 0.3) is 0 Å². The molecular weight excluding hydrogens is 146 g/mol. The van der Waals surface area contributed by atoms with Gasteiger partial charge < -0.3 is 10.8 Å². The van der Waals surface area contributed by atoms with Crippen molar-refractivity contribution in [2.24, 2.45) is 0 Å². The minimum Gasteiger partial charge on any atom is -0.507 e. The summed E-state index contributed by atoms with van der Waals surface area (Å²) in [5.41, 5.74) is 6.18. The molecule has 0 unspecified atom stereocenters. The summed E-state index contributed by atoms with van der Waals surface area (Å²) in [5.74, 6) is 0.257. The molecule has 0 radical (unpaired) electrons. The summed E-state index contributed by atoms with van der Waals surface area (Å²) in [4.78, 5) is 0.752. The summed E-state index contributed by atoms with van der Waals surface area (Å²) < 4.78 is 0. The second kappa shape index (κ2) is 2.84. The predicted octanol–water partition coefficient (Wildman–Crippen LogP) is 1.70. The van der Waals surface area contributed by atoms with E-state index in [0.29, 0.717) is 5.69 Å². The minimum atomic E-state index is 0.257. The molecule has 2 nitrogen and oxygen atoms in total. The van der Waals surface area contributed by atoms with E-state index in [0.717, 1.165) is 4.90 Å². The van der Waals surface area contributed by atoms with Crippen molar-refractivity contribution in [3.8, 4) is 5.75 Å². The van der Waals surface area contributed by atoms with Gasteiger partial charge in [-0.25, -0.2) is 0 Å². The van der Waals surface area contributed by atoms with Crippen LogP contribution in [0.5, 0.6) is 5.75 Å². The molecule has 0 fully saturated rings. The third kappa shape index (κ3) is 1.19. The summed E-state index contributed by atoms with van der Waals surface area (Å²) in [6.07, 6.45) is 1.88. The van der Waals surface area contributed by atoms with E-state index in [1.807, 2.05) is 6.26 Å². The standard InChI is InChI=1S/C7H9NOS/c1-10-7-5(8)3-2-4-6(7)9/h2-4,9H,8H2,1H3. The Labute approximate surface area is 64.1 Å². The van der Waals surface area contributed by atoms with E-state index >= 15 is 0 Å². The average Bonchev–Trinajstić information content (AvgIpc) is 1.88. The Morgan fingerprint density at radius 2 is 2.20 bits per heavy atom. The highest BCUT2D eigenvalue weighted by Crippen LogP contribution is 2.31. The first kappa shape index (κ1) is 7.28. The van der Waals surface area contributed by atoms with Gasteiger partial charge in [-0.3, -0.25) is 0 Å². The van der Waals surface area contributed by atoms with Crippen molar-refractivity contribution in [2.75, 3.05) is 12.0 Å². The average molecular weight is 155 g/mol. The van der Waals surface area contributed by atoms with Gasteiger partial charge in [-0.2, -0.15) is 0 Å². The number of hydrogen-bond acceptors (Lipinski definition) is 3. The number of nitrogens with two attached hydrogens (primary N) is 1. The zero-order valence-corrected chi connectivity index (χ0v) is 6.48. The first-order valence-corrected chi connectivity index (χ1v) is 4.09. The first-order chi connectivity index (χ1) is 4.75. The van der Waals surface area contributed by atoms with E-state index < -0.39 is 0 Å². The maximum atomic E-state index is 9.19. The van der Waals surface area contributed by atoms with Gasteiger partial charge in [0.05, 0.1) is 4.90 Å². The molecule has 0 bridgehead atoms. The van der Waals surface area contributed by atoms with Crippen molar-refractivity contribution in [1.29, 1.82) is 0 Å². The van der Waals surface area contributed by atoms with Crippen LogP contribution in [0.2, 0.25) is 0 Å². The number of hydrogen-bond donors (Lipinski definition) is 2. The van der Waals surface area contributed by atoms with Crippen LogP contribution in [0.1, 0.15) is 0 Å². The van der Waals surface area contributed by atoms with E-state index in [-0.39, 0.29) is 5.75 Å². The summed E-state index contributed by atoms with van der Waals surface area (Å²) >= 11 is 1.45. The second-order valence-corrected chi connectivity index (χ2v) is 2.72. The molecule has 1 aromatic rings. The van der Waals surface area contributed by atoms with Crippen LogP contribution in [0.3, 0.4) is 0 Å². The van der Waals surface area contributed by atoms with Crippen LogP contribution < -0.4 is 5.73 Å². The number of thioether (sulfide) groups is 1. The van der Waals surface area contributed by atoms with Crippen molar-refractivity contribution in [2.45, 2.75) is 4.90 Å². The first-order valence-electron chi connectivity index (χ1n) is 2.87. The lowest BCUT2D eigenvalue weighted by atomic mass is 10.3. The van der Waals surface area contributed by atoms with Crippen molar-refractivity contribution < 1.29 is 5.11 Å². The van der Waals surface area contributed by atoms with Crippen LogP contribution in [0, 0.1) is 0 Å². The van der Waals surface area contributed by atoms with Crippen molar-refractivity contribution in [3.63, 3.8) is 0 Å². The van der Waals surface area contributed by atoms with Gasteiger partial charge in [-0.1, -0.05) is 6.07 Å². The second-order valence-electron chi connectivity index (χ2n) is 1.90. The van der Waals surface area contributed by atoms with Gasteiger partial charge in [-0.15, -0.1) is 11.8 Å². The fraction of sp³-hybridized carbons (Fsp3) is 0.143. The molecule has 1 rings (SSSR count). The van der Waals surface area contributed by atoms with E-state index in [9.17, 15) is 5.11 Å². The number of nitrogen functional groups attached to an aromatic ring is 1. The van der Waals surface area contributed by atoms with Crippen LogP contribution in [-0.4, -0.2) is 11.4 Å². The number of anilines is 1. The van der Waals surface area contributed by atoms with Crippen molar-refractivity contribution >= 4 is 17.4 Å². The molecule has 0 atom stereocenters. The zero-order chi connectivity index (χ0) is 7.56. The molecule has 0 amide bonds. The number of aromatic hydroxyl groups is 1. The van der Waals surface area contributed by atoms with Gasteiger partial charge in [0.1, 0.15) is 5.75 Å². The molecule has 0 saturated carbocycles. The van der Waals surface area contributed by atoms with Crippen LogP contribution in [0.4, 0.5) is 5.69 Å². The summed E-state index contributed by atoms with van der Waals surface area (Å²) in [6, 6.07) is 5.12. The van der Waals surface area contributed by atoms with Crippen LogP contribution in [-0.2, 0) is 0 Å². The highest BCUT2D eigenvalue weighted by molar-refractivity contribution is 7.98. The fourth-order valence-corrected chi connectivity index (χ4v) is 1.35. The number of rotatable bonds is 1. The Kier molecular flexibility index (Phi) is 2.06. The third-order valence-corrected chi connectivity index (χ3v) is 2.08. The lowest BCUT2D eigenvalue weighted by Gasteiger charge is -2.02. The highest BCUT2D eigenvalue weighted by Gasteiger charge is 2.00. The molecule has 0 aliphatic rings. The van der Waals surface area contributed by atoms with Gasteiger partial charge in [0, 0.05) is 5.69 Å². The Bertz CT molecular complexity index is 217. The third-order valence-electron chi connectivity index (χ3n) is 1.23. The molecular formula is C7H9NOS. The number of phenolic OH excluding ortho intramolecular Hbond substituents is 1. The molecule has 3 N–H and O–H groups in total. The van der Waals surface area contributed by atoms with Gasteiger partial charge in [0.2, 0.25) is 0 Å². The maximum Gasteiger partial charge on any atom is 0.131 e. The Morgan fingerprint density at radius 3 is 2.60 bits per heavy atom. The highest BCUT2D eigenvalue weighted by atomic mass is 32.2. The normalized spacial score (nSPS) is 9.70. The predicted molar refractivity (Wildman–Crippen MR) is 44.3 cm³/mol. The molecule has 1 aromatic carbocycles. The quantitative estimate of drug-likeness (QED) is 0.479. The lowest BCUT2D eigenvalue weighted by molar-refractivity contribution is 0.463. The summed E-state index contributed by atoms with van der Waals surface area (Å²) in [7, 11) is 0. The molecule has 0 aliphatic heterocycles. The van der Waals surface area contributed by atoms with E-state index in [1.54, 1.807) is 18.2 Å². The van der Waals surface area contributed by atoms with Gasteiger partial charge >= 0.3 is 0 Å². The van der Waals surface area contributed by atoms with Gasteiger partial charge in [0.15, 0.2) is 0 Å². The smallest absolute Gasteiger partial charge is 0.131 e. The Balaban J connectivity index is 3.17. The maximum absolute atomic E-state index is 9.19. The Hall–Kier alpha value is -0.830. The molecule has 0 spiro atoms. The van der Waals surface area contributed by atoms with E-state index in [4.69, 9.17) is 5.73 Å². The van der Waals surface area contributed by atoms with Crippen LogP contribution in [0.15, 0.2) is 23.1 Å². The lowest BCUT2D eigenvalue weighted by Crippen LogP contribution is -1.86. The molecule has 0 saturated heterocycles. The summed E-state index contributed by atoms with van der Waals surface area (Å²) in [5, 5.41) is 9.19. The van der Waals surface area contributed by atoms with Crippen molar-refractivity contribution in [3.05, 3.63) is 18.2 Å². The molecule has 10 heavy (non-hydrogen) atoms. The minimum absolute atomic E-state index is 0.257. The molecule has 0 aromatic heterocycles.